The first kappa shape index (κ1) is 14.0. The van der Waals surface area contributed by atoms with E-state index in [2.05, 4.69) is 24.4 Å². The molecule has 0 aliphatic heterocycles. The molecule has 17 heavy (non-hydrogen) atoms. The fraction of sp³-hybridized carbons (Fsp3) is 0.571. The van der Waals surface area contributed by atoms with Crippen LogP contribution in [0.4, 0.5) is 0 Å². The Bertz CT molecular complexity index is 326. The van der Waals surface area contributed by atoms with E-state index in [0.29, 0.717) is 12.1 Å². The zero-order valence-corrected chi connectivity index (χ0v) is 11.2. The molecule has 0 aromatic heterocycles. The van der Waals surface area contributed by atoms with Crippen LogP contribution in [0.5, 0.6) is 5.75 Å². The SMILES string of the molecule is COc1cccc(C(C)NCCOC(C)C)c1. The first-order valence-corrected chi connectivity index (χ1v) is 6.12. The van der Waals surface area contributed by atoms with Gasteiger partial charge in [0.05, 0.1) is 19.8 Å². The van der Waals surface area contributed by atoms with Crippen LogP contribution in [0.25, 0.3) is 0 Å². The summed E-state index contributed by atoms with van der Waals surface area (Å²) in [7, 11) is 1.69. The summed E-state index contributed by atoms with van der Waals surface area (Å²) in [6.45, 7) is 7.84. The topological polar surface area (TPSA) is 30.5 Å². The van der Waals surface area contributed by atoms with E-state index in [1.54, 1.807) is 7.11 Å². The zero-order chi connectivity index (χ0) is 12.7. The largest absolute Gasteiger partial charge is 0.497 e. The Balaban J connectivity index is 2.38. The van der Waals surface area contributed by atoms with Crippen molar-refractivity contribution in [3.63, 3.8) is 0 Å². The molecule has 0 heterocycles. The number of benzene rings is 1. The third kappa shape index (κ3) is 5.20. The van der Waals surface area contributed by atoms with Gasteiger partial charge in [-0.2, -0.15) is 0 Å². The van der Waals surface area contributed by atoms with Gasteiger partial charge in [-0.05, 0) is 38.5 Å². The molecule has 1 N–H and O–H groups in total. The van der Waals surface area contributed by atoms with Crippen molar-refractivity contribution in [2.45, 2.75) is 32.9 Å². The van der Waals surface area contributed by atoms with Crippen LogP contribution >= 0.6 is 0 Å². The second kappa shape index (κ2) is 7.30. The van der Waals surface area contributed by atoms with Crippen molar-refractivity contribution in [1.82, 2.24) is 5.32 Å². The Morgan fingerprint density at radius 3 is 2.65 bits per heavy atom. The fourth-order valence-corrected chi connectivity index (χ4v) is 1.60. The Morgan fingerprint density at radius 1 is 1.24 bits per heavy atom. The van der Waals surface area contributed by atoms with E-state index in [1.807, 2.05) is 26.0 Å². The first-order chi connectivity index (χ1) is 8.13. The standard InChI is InChI=1S/C14H23NO2/c1-11(2)17-9-8-15-12(3)13-6-5-7-14(10-13)16-4/h5-7,10-12,15H,8-9H2,1-4H3. The van der Waals surface area contributed by atoms with Crippen LogP contribution in [-0.2, 0) is 4.74 Å². The predicted molar refractivity (Wildman–Crippen MR) is 70.5 cm³/mol. The lowest BCUT2D eigenvalue weighted by Gasteiger charge is -2.15. The van der Waals surface area contributed by atoms with Gasteiger partial charge in [0.15, 0.2) is 0 Å². The molecule has 1 aromatic carbocycles. The second-order valence-corrected chi connectivity index (χ2v) is 4.37. The summed E-state index contributed by atoms with van der Waals surface area (Å²) in [5, 5.41) is 3.43. The maximum atomic E-state index is 5.49. The Hall–Kier alpha value is -1.06. The fourth-order valence-electron chi connectivity index (χ4n) is 1.60. The van der Waals surface area contributed by atoms with Crippen LogP contribution in [0.15, 0.2) is 24.3 Å². The smallest absolute Gasteiger partial charge is 0.119 e. The lowest BCUT2D eigenvalue weighted by Crippen LogP contribution is -2.24. The molecule has 1 atom stereocenters. The lowest BCUT2D eigenvalue weighted by atomic mass is 10.1. The van der Waals surface area contributed by atoms with Crippen molar-refractivity contribution in [2.24, 2.45) is 0 Å². The second-order valence-electron chi connectivity index (χ2n) is 4.37. The highest BCUT2D eigenvalue weighted by atomic mass is 16.5. The van der Waals surface area contributed by atoms with Crippen molar-refractivity contribution in [3.05, 3.63) is 29.8 Å². The minimum atomic E-state index is 0.295. The molecule has 0 bridgehead atoms. The minimum absolute atomic E-state index is 0.295. The van der Waals surface area contributed by atoms with Gasteiger partial charge < -0.3 is 14.8 Å². The summed E-state index contributed by atoms with van der Waals surface area (Å²) in [6, 6.07) is 8.43. The van der Waals surface area contributed by atoms with Gasteiger partial charge in [0.25, 0.3) is 0 Å². The predicted octanol–water partition coefficient (Wildman–Crippen LogP) is 2.77. The van der Waals surface area contributed by atoms with E-state index in [-0.39, 0.29) is 0 Å². The maximum Gasteiger partial charge on any atom is 0.119 e. The number of rotatable bonds is 7. The Labute approximate surface area is 104 Å². The van der Waals surface area contributed by atoms with E-state index >= 15 is 0 Å². The van der Waals surface area contributed by atoms with Crippen LogP contribution in [-0.4, -0.2) is 26.4 Å². The Kier molecular flexibility index (Phi) is 6.01. The molecular weight excluding hydrogens is 214 g/mol. The molecule has 3 heteroatoms. The summed E-state index contributed by atoms with van der Waals surface area (Å²) >= 11 is 0. The van der Waals surface area contributed by atoms with E-state index in [9.17, 15) is 0 Å². The molecule has 0 radical (unpaired) electrons. The molecule has 3 nitrogen and oxygen atoms in total. The molecule has 0 fully saturated rings. The highest BCUT2D eigenvalue weighted by molar-refractivity contribution is 5.30. The zero-order valence-electron chi connectivity index (χ0n) is 11.2. The molecule has 0 amide bonds. The van der Waals surface area contributed by atoms with Gasteiger partial charge in [-0.1, -0.05) is 12.1 Å². The van der Waals surface area contributed by atoms with Gasteiger partial charge in [0, 0.05) is 12.6 Å². The molecule has 96 valence electrons. The number of hydrogen-bond donors (Lipinski definition) is 1. The highest BCUT2D eigenvalue weighted by Crippen LogP contribution is 2.18. The lowest BCUT2D eigenvalue weighted by molar-refractivity contribution is 0.0796. The average Bonchev–Trinajstić information content (AvgIpc) is 2.34. The molecule has 0 saturated heterocycles. The van der Waals surface area contributed by atoms with Crippen molar-refractivity contribution in [2.75, 3.05) is 20.3 Å². The van der Waals surface area contributed by atoms with Crippen molar-refractivity contribution in [3.8, 4) is 5.75 Å². The minimum Gasteiger partial charge on any atom is -0.497 e. The summed E-state index contributed by atoms with van der Waals surface area (Å²) in [5.74, 6) is 0.898. The molecular formula is C14H23NO2. The van der Waals surface area contributed by atoms with E-state index in [4.69, 9.17) is 9.47 Å². The van der Waals surface area contributed by atoms with Gasteiger partial charge in [-0.15, -0.1) is 0 Å². The molecule has 1 aromatic rings. The Morgan fingerprint density at radius 2 is 2.00 bits per heavy atom. The van der Waals surface area contributed by atoms with Crippen LogP contribution in [0, 0.1) is 0 Å². The van der Waals surface area contributed by atoms with Gasteiger partial charge in [0.1, 0.15) is 5.75 Å². The summed E-state index contributed by atoms with van der Waals surface area (Å²) < 4.78 is 10.7. The molecule has 0 aliphatic carbocycles. The highest BCUT2D eigenvalue weighted by Gasteiger charge is 2.05. The van der Waals surface area contributed by atoms with Gasteiger partial charge >= 0.3 is 0 Å². The third-order valence-electron chi connectivity index (χ3n) is 2.60. The van der Waals surface area contributed by atoms with Crippen molar-refractivity contribution >= 4 is 0 Å². The van der Waals surface area contributed by atoms with Crippen LogP contribution < -0.4 is 10.1 Å². The summed E-state index contributed by atoms with van der Waals surface area (Å²) in [4.78, 5) is 0. The van der Waals surface area contributed by atoms with E-state index < -0.39 is 0 Å². The maximum absolute atomic E-state index is 5.49. The number of ether oxygens (including phenoxy) is 2. The molecule has 0 spiro atoms. The monoisotopic (exact) mass is 237 g/mol. The summed E-state index contributed by atoms with van der Waals surface area (Å²) in [5.41, 5.74) is 1.23. The normalized spacial score (nSPS) is 12.8. The molecule has 1 rings (SSSR count). The number of methoxy groups -OCH3 is 1. The quantitative estimate of drug-likeness (QED) is 0.740. The number of hydrogen-bond acceptors (Lipinski definition) is 3. The van der Waals surface area contributed by atoms with Crippen LogP contribution in [0.1, 0.15) is 32.4 Å². The van der Waals surface area contributed by atoms with Gasteiger partial charge in [0.2, 0.25) is 0 Å². The van der Waals surface area contributed by atoms with Crippen molar-refractivity contribution in [1.29, 1.82) is 0 Å². The summed E-state index contributed by atoms with van der Waals surface area (Å²) in [6.07, 6.45) is 0.295. The van der Waals surface area contributed by atoms with Crippen molar-refractivity contribution < 1.29 is 9.47 Å². The third-order valence-corrected chi connectivity index (χ3v) is 2.60. The van der Waals surface area contributed by atoms with Crippen LogP contribution in [0.2, 0.25) is 0 Å². The molecule has 1 unspecified atom stereocenters. The number of nitrogens with one attached hydrogen (secondary N) is 1. The molecule has 0 saturated carbocycles. The van der Waals surface area contributed by atoms with Gasteiger partial charge in [-0.25, -0.2) is 0 Å². The van der Waals surface area contributed by atoms with Gasteiger partial charge in [-0.3, -0.25) is 0 Å². The van der Waals surface area contributed by atoms with E-state index in [1.165, 1.54) is 5.56 Å². The first-order valence-electron chi connectivity index (χ1n) is 6.12. The molecule has 0 aliphatic rings. The van der Waals surface area contributed by atoms with Crippen LogP contribution in [0.3, 0.4) is 0 Å². The average molecular weight is 237 g/mol. The van der Waals surface area contributed by atoms with E-state index in [0.717, 1.165) is 18.9 Å².